The second-order valence-electron chi connectivity index (χ2n) is 7.41. The van der Waals surface area contributed by atoms with Gasteiger partial charge in [-0.05, 0) is 49.4 Å². The Morgan fingerprint density at radius 1 is 1.12 bits per heavy atom. The second kappa shape index (κ2) is 12.1. The van der Waals surface area contributed by atoms with Crippen LogP contribution in [-0.4, -0.2) is 33.2 Å². The van der Waals surface area contributed by atoms with E-state index in [1.54, 1.807) is 48.5 Å². The molecule has 3 aromatic carbocycles. The van der Waals surface area contributed by atoms with Crippen LogP contribution in [0.2, 0.25) is 5.02 Å². The van der Waals surface area contributed by atoms with Gasteiger partial charge in [-0.2, -0.15) is 11.8 Å². The van der Waals surface area contributed by atoms with Crippen molar-refractivity contribution in [1.82, 2.24) is 5.32 Å². The molecule has 0 unspecified atom stereocenters. The van der Waals surface area contributed by atoms with Crippen LogP contribution in [0.25, 0.3) is 0 Å². The van der Waals surface area contributed by atoms with E-state index in [0.717, 1.165) is 9.87 Å². The number of carbonyl (C=O) groups excluding carboxylic acids is 1. The number of halogens is 3. The first kappa shape index (κ1) is 26.5. The van der Waals surface area contributed by atoms with Crippen molar-refractivity contribution < 1.29 is 17.6 Å². The number of amides is 1. The van der Waals surface area contributed by atoms with Crippen LogP contribution in [0, 0.1) is 12.7 Å². The van der Waals surface area contributed by atoms with E-state index in [1.807, 2.05) is 6.92 Å². The van der Waals surface area contributed by atoms with Crippen LogP contribution in [0.3, 0.4) is 0 Å². The summed E-state index contributed by atoms with van der Waals surface area (Å²) in [5.74, 6) is 0.0703. The van der Waals surface area contributed by atoms with Crippen molar-refractivity contribution in [2.75, 3.05) is 23.1 Å². The van der Waals surface area contributed by atoms with Gasteiger partial charge in [-0.1, -0.05) is 57.4 Å². The summed E-state index contributed by atoms with van der Waals surface area (Å²) < 4.78 is 42.4. The fraction of sp³-hybridized carbons (Fsp3) is 0.208. The van der Waals surface area contributed by atoms with Crippen LogP contribution in [0.1, 0.15) is 11.1 Å². The molecule has 0 aliphatic heterocycles. The fourth-order valence-corrected chi connectivity index (χ4v) is 6.07. The summed E-state index contributed by atoms with van der Waals surface area (Å²) in [6.07, 6.45) is 0. The zero-order chi connectivity index (χ0) is 24.7. The van der Waals surface area contributed by atoms with E-state index >= 15 is 0 Å². The molecule has 0 fully saturated rings. The minimum Gasteiger partial charge on any atom is -0.354 e. The van der Waals surface area contributed by atoms with Gasteiger partial charge in [-0.25, -0.2) is 12.8 Å². The van der Waals surface area contributed by atoms with Crippen molar-refractivity contribution in [3.8, 4) is 0 Å². The molecule has 0 saturated heterocycles. The van der Waals surface area contributed by atoms with Gasteiger partial charge in [0.2, 0.25) is 5.91 Å². The predicted molar refractivity (Wildman–Crippen MR) is 140 cm³/mol. The lowest BCUT2D eigenvalue weighted by molar-refractivity contribution is -0.119. The first-order valence-corrected chi connectivity index (χ1v) is 14.1. The Bertz CT molecular complexity index is 1240. The number of thioether (sulfide) groups is 1. The Kier molecular flexibility index (Phi) is 9.41. The number of rotatable bonds is 10. The number of anilines is 1. The molecule has 0 spiro atoms. The van der Waals surface area contributed by atoms with Crippen molar-refractivity contribution in [2.45, 2.75) is 17.6 Å². The molecule has 0 bridgehead atoms. The average Bonchev–Trinajstić information content (AvgIpc) is 2.79. The minimum atomic E-state index is -3.97. The van der Waals surface area contributed by atoms with E-state index in [1.165, 1.54) is 30.0 Å². The third-order valence-corrected chi connectivity index (χ3v) is 8.49. The van der Waals surface area contributed by atoms with Crippen molar-refractivity contribution in [3.05, 3.63) is 93.2 Å². The Balaban J connectivity index is 1.65. The SMILES string of the molecule is Cc1ccc(S(=O)(=O)N(CC(=O)NCCSCc2c(F)cccc2Cl)c2cccc(Br)c2)cc1. The van der Waals surface area contributed by atoms with E-state index in [2.05, 4.69) is 21.2 Å². The molecule has 0 atom stereocenters. The quantitative estimate of drug-likeness (QED) is 0.306. The number of aryl methyl sites for hydroxylation is 1. The fourth-order valence-electron chi connectivity index (χ4n) is 3.08. The molecule has 180 valence electrons. The number of hydrogen-bond acceptors (Lipinski definition) is 4. The van der Waals surface area contributed by atoms with Crippen molar-refractivity contribution in [3.63, 3.8) is 0 Å². The van der Waals surface area contributed by atoms with Crippen LogP contribution in [0.15, 0.2) is 76.1 Å². The maximum Gasteiger partial charge on any atom is 0.264 e. The molecule has 1 N–H and O–H groups in total. The summed E-state index contributed by atoms with van der Waals surface area (Å²) in [7, 11) is -3.97. The van der Waals surface area contributed by atoms with E-state index in [-0.39, 0.29) is 17.3 Å². The number of sulfonamides is 1. The molecule has 0 aromatic heterocycles. The standard InChI is InChI=1S/C24H23BrClFN2O3S2/c1-17-8-10-20(11-9-17)34(31,32)29(19-5-2-4-18(25)14-19)15-24(30)28-12-13-33-16-21-22(26)6-3-7-23(21)27/h2-11,14H,12-13,15-16H2,1H3,(H,28,30). The number of hydrogen-bond donors (Lipinski definition) is 1. The zero-order valence-corrected chi connectivity index (χ0v) is 22.3. The summed E-state index contributed by atoms with van der Waals surface area (Å²) in [6.45, 7) is 1.79. The van der Waals surface area contributed by atoms with Gasteiger partial charge in [-0.15, -0.1) is 0 Å². The largest absolute Gasteiger partial charge is 0.354 e. The lowest BCUT2D eigenvalue weighted by Crippen LogP contribution is -2.41. The predicted octanol–water partition coefficient (Wildman–Crippen LogP) is 5.79. The summed E-state index contributed by atoms with van der Waals surface area (Å²) in [5, 5.41) is 3.10. The van der Waals surface area contributed by atoms with Crippen molar-refractivity contribution >= 4 is 60.9 Å². The highest BCUT2D eigenvalue weighted by Gasteiger charge is 2.27. The molecule has 0 heterocycles. The van der Waals surface area contributed by atoms with E-state index in [4.69, 9.17) is 11.6 Å². The van der Waals surface area contributed by atoms with Crippen LogP contribution < -0.4 is 9.62 Å². The third kappa shape index (κ3) is 6.97. The first-order chi connectivity index (χ1) is 16.2. The maximum absolute atomic E-state index is 13.9. The Hall–Kier alpha value is -2.07. The normalized spacial score (nSPS) is 11.3. The molecule has 3 rings (SSSR count). The zero-order valence-electron chi connectivity index (χ0n) is 18.3. The number of nitrogens with zero attached hydrogens (tertiary/aromatic N) is 1. The molecular weight excluding hydrogens is 563 g/mol. The summed E-state index contributed by atoms with van der Waals surface area (Å²) in [6, 6.07) is 17.8. The minimum absolute atomic E-state index is 0.100. The Morgan fingerprint density at radius 3 is 2.50 bits per heavy atom. The van der Waals surface area contributed by atoms with Gasteiger partial charge in [0.1, 0.15) is 12.4 Å². The van der Waals surface area contributed by atoms with E-state index in [9.17, 15) is 17.6 Å². The highest BCUT2D eigenvalue weighted by Crippen LogP contribution is 2.27. The number of nitrogens with one attached hydrogen (secondary N) is 1. The van der Waals surface area contributed by atoms with Gasteiger partial charge in [0.15, 0.2) is 0 Å². The molecule has 0 saturated carbocycles. The van der Waals surface area contributed by atoms with Crippen LogP contribution >= 0.6 is 39.3 Å². The Labute approximate surface area is 216 Å². The average molecular weight is 586 g/mol. The van der Waals surface area contributed by atoms with E-state index in [0.29, 0.717) is 38.8 Å². The van der Waals surface area contributed by atoms with E-state index < -0.39 is 15.9 Å². The molecule has 0 radical (unpaired) electrons. The van der Waals surface area contributed by atoms with Gasteiger partial charge in [0, 0.05) is 33.1 Å². The van der Waals surface area contributed by atoms with Gasteiger partial charge < -0.3 is 5.32 Å². The van der Waals surface area contributed by atoms with Crippen LogP contribution in [-0.2, 0) is 20.6 Å². The molecule has 0 aliphatic carbocycles. The monoisotopic (exact) mass is 584 g/mol. The summed E-state index contributed by atoms with van der Waals surface area (Å²) in [5.41, 5.74) is 1.72. The first-order valence-electron chi connectivity index (χ1n) is 10.3. The Morgan fingerprint density at radius 2 is 1.82 bits per heavy atom. The summed E-state index contributed by atoms with van der Waals surface area (Å²) >= 11 is 10.8. The van der Waals surface area contributed by atoms with Gasteiger partial charge in [0.05, 0.1) is 10.6 Å². The molecular formula is C24H23BrClFN2O3S2. The van der Waals surface area contributed by atoms with Gasteiger partial charge >= 0.3 is 0 Å². The lowest BCUT2D eigenvalue weighted by Gasteiger charge is -2.24. The second-order valence-corrected chi connectivity index (χ2v) is 11.7. The lowest BCUT2D eigenvalue weighted by atomic mass is 10.2. The van der Waals surface area contributed by atoms with Gasteiger partial charge in [-0.3, -0.25) is 9.10 Å². The number of carbonyl (C=O) groups is 1. The molecule has 34 heavy (non-hydrogen) atoms. The third-order valence-electron chi connectivity index (χ3n) is 4.87. The van der Waals surface area contributed by atoms with Crippen molar-refractivity contribution in [1.29, 1.82) is 0 Å². The number of benzene rings is 3. The molecule has 5 nitrogen and oxygen atoms in total. The van der Waals surface area contributed by atoms with Gasteiger partial charge in [0.25, 0.3) is 10.0 Å². The summed E-state index contributed by atoms with van der Waals surface area (Å²) in [4.78, 5) is 12.8. The molecule has 10 heteroatoms. The highest BCUT2D eigenvalue weighted by atomic mass is 79.9. The van der Waals surface area contributed by atoms with Crippen LogP contribution in [0.5, 0.6) is 0 Å². The highest BCUT2D eigenvalue weighted by molar-refractivity contribution is 9.10. The van der Waals surface area contributed by atoms with Crippen molar-refractivity contribution in [2.24, 2.45) is 0 Å². The molecule has 1 amide bonds. The maximum atomic E-state index is 13.9. The molecule has 0 aliphatic rings. The topological polar surface area (TPSA) is 66.5 Å². The molecule has 3 aromatic rings. The van der Waals surface area contributed by atoms with Crippen LogP contribution in [0.4, 0.5) is 10.1 Å². The smallest absolute Gasteiger partial charge is 0.264 e.